The second-order valence-corrected chi connectivity index (χ2v) is 5.29. The van der Waals surface area contributed by atoms with E-state index in [1.807, 2.05) is 12.1 Å². The number of methoxy groups -OCH3 is 1. The molecule has 0 atom stereocenters. The maximum atomic E-state index is 11.8. The van der Waals surface area contributed by atoms with Gasteiger partial charge in [0, 0.05) is 6.07 Å². The van der Waals surface area contributed by atoms with Crippen molar-refractivity contribution < 1.29 is 24.5 Å². The SMILES string of the molecule is CCOC(=O)c1cc(NC(=S)Nc2ccccc2OC)c(O)cc1O. The Kier molecular flexibility index (Phi) is 6.02. The van der Waals surface area contributed by atoms with Gasteiger partial charge < -0.3 is 30.3 Å². The Labute approximate surface area is 150 Å². The van der Waals surface area contributed by atoms with Crippen LogP contribution in [0, 0.1) is 0 Å². The van der Waals surface area contributed by atoms with Gasteiger partial charge in [-0.2, -0.15) is 0 Å². The minimum atomic E-state index is -0.702. The van der Waals surface area contributed by atoms with Crippen molar-refractivity contribution in [2.24, 2.45) is 0 Å². The van der Waals surface area contributed by atoms with Crippen LogP contribution in [-0.4, -0.2) is 35.0 Å². The molecule has 8 heteroatoms. The fraction of sp³-hybridized carbons (Fsp3) is 0.176. The number of ether oxygens (including phenoxy) is 2. The third-order valence-corrected chi connectivity index (χ3v) is 3.42. The van der Waals surface area contributed by atoms with Gasteiger partial charge in [-0.1, -0.05) is 12.1 Å². The zero-order valence-electron chi connectivity index (χ0n) is 13.7. The Hall–Kier alpha value is -3.00. The summed E-state index contributed by atoms with van der Waals surface area (Å²) in [7, 11) is 1.54. The number of benzene rings is 2. The molecule has 132 valence electrons. The second kappa shape index (κ2) is 8.20. The summed E-state index contributed by atoms with van der Waals surface area (Å²) in [6.07, 6.45) is 0. The van der Waals surface area contributed by atoms with E-state index in [9.17, 15) is 15.0 Å². The Bertz CT molecular complexity index is 795. The predicted molar refractivity (Wildman–Crippen MR) is 98.6 cm³/mol. The van der Waals surface area contributed by atoms with E-state index >= 15 is 0 Å². The third kappa shape index (κ3) is 4.51. The van der Waals surface area contributed by atoms with Crippen molar-refractivity contribution >= 4 is 34.7 Å². The van der Waals surface area contributed by atoms with Gasteiger partial charge in [0.2, 0.25) is 0 Å². The summed E-state index contributed by atoms with van der Waals surface area (Å²) in [5, 5.41) is 25.6. The number of carbonyl (C=O) groups is 1. The van der Waals surface area contributed by atoms with Crippen LogP contribution in [0.15, 0.2) is 36.4 Å². The van der Waals surface area contributed by atoms with E-state index in [1.165, 1.54) is 13.2 Å². The molecule has 2 aromatic rings. The maximum absolute atomic E-state index is 11.8. The quantitative estimate of drug-likeness (QED) is 0.279. The Morgan fingerprint density at radius 1 is 1.12 bits per heavy atom. The summed E-state index contributed by atoms with van der Waals surface area (Å²) in [4.78, 5) is 11.8. The summed E-state index contributed by atoms with van der Waals surface area (Å²) in [6.45, 7) is 1.82. The van der Waals surface area contributed by atoms with Gasteiger partial charge in [-0.05, 0) is 37.3 Å². The average Bonchev–Trinajstić information content (AvgIpc) is 2.58. The smallest absolute Gasteiger partial charge is 0.341 e. The highest BCUT2D eigenvalue weighted by Crippen LogP contribution is 2.32. The molecule has 0 saturated carbocycles. The second-order valence-electron chi connectivity index (χ2n) is 4.89. The van der Waals surface area contributed by atoms with Gasteiger partial charge >= 0.3 is 5.97 Å². The third-order valence-electron chi connectivity index (χ3n) is 3.21. The van der Waals surface area contributed by atoms with E-state index in [0.717, 1.165) is 6.07 Å². The van der Waals surface area contributed by atoms with Gasteiger partial charge in [0.25, 0.3) is 0 Å². The number of carbonyl (C=O) groups excluding carboxylic acids is 1. The number of thiocarbonyl (C=S) groups is 1. The molecule has 0 aliphatic rings. The van der Waals surface area contributed by atoms with Gasteiger partial charge in [-0.25, -0.2) is 4.79 Å². The topological polar surface area (TPSA) is 100 Å². The number of phenolic OH excluding ortho intramolecular Hbond substituents is 2. The van der Waals surface area contributed by atoms with E-state index in [4.69, 9.17) is 21.7 Å². The van der Waals surface area contributed by atoms with Crippen LogP contribution in [0.3, 0.4) is 0 Å². The molecule has 0 heterocycles. The first kappa shape index (κ1) is 18.3. The highest BCUT2D eigenvalue weighted by Gasteiger charge is 2.17. The molecule has 0 amide bonds. The number of esters is 1. The number of rotatable bonds is 5. The lowest BCUT2D eigenvalue weighted by Gasteiger charge is -2.15. The van der Waals surface area contributed by atoms with E-state index in [-0.39, 0.29) is 34.5 Å². The number of hydrogen-bond acceptors (Lipinski definition) is 6. The standard InChI is InChI=1S/C17H18N2O5S/c1-3-24-16(22)10-8-12(14(21)9-13(10)20)19-17(25)18-11-6-4-5-7-15(11)23-2/h4-9,20-21H,3H2,1-2H3,(H2,18,19,25). The van der Waals surface area contributed by atoms with Gasteiger partial charge in [0.1, 0.15) is 22.8 Å². The molecular weight excluding hydrogens is 344 g/mol. The number of phenols is 2. The summed E-state index contributed by atoms with van der Waals surface area (Å²) < 4.78 is 10.1. The Balaban J connectivity index is 2.20. The highest BCUT2D eigenvalue weighted by atomic mass is 32.1. The maximum Gasteiger partial charge on any atom is 0.341 e. The van der Waals surface area contributed by atoms with Crippen LogP contribution in [0.25, 0.3) is 0 Å². The molecule has 0 fully saturated rings. The molecule has 25 heavy (non-hydrogen) atoms. The molecule has 2 rings (SSSR count). The number of nitrogens with one attached hydrogen (secondary N) is 2. The summed E-state index contributed by atoms with van der Waals surface area (Å²) >= 11 is 5.21. The van der Waals surface area contributed by atoms with Crippen molar-refractivity contribution in [1.29, 1.82) is 0 Å². The first-order chi connectivity index (χ1) is 12.0. The molecule has 0 aromatic heterocycles. The fourth-order valence-corrected chi connectivity index (χ4v) is 2.29. The fourth-order valence-electron chi connectivity index (χ4n) is 2.07. The van der Waals surface area contributed by atoms with Crippen molar-refractivity contribution in [1.82, 2.24) is 0 Å². The van der Waals surface area contributed by atoms with E-state index in [0.29, 0.717) is 11.4 Å². The molecule has 0 bridgehead atoms. The molecule has 0 saturated heterocycles. The van der Waals surface area contributed by atoms with Crippen molar-refractivity contribution in [3.63, 3.8) is 0 Å². The Morgan fingerprint density at radius 2 is 1.80 bits per heavy atom. The van der Waals surface area contributed by atoms with Gasteiger partial charge in [0.05, 0.1) is 25.1 Å². The molecule has 0 unspecified atom stereocenters. The number of para-hydroxylation sites is 2. The summed E-state index contributed by atoms with van der Waals surface area (Å²) in [5.41, 5.74) is 0.696. The van der Waals surface area contributed by atoms with Crippen LogP contribution in [0.2, 0.25) is 0 Å². The molecular formula is C17H18N2O5S. The highest BCUT2D eigenvalue weighted by molar-refractivity contribution is 7.80. The molecule has 7 nitrogen and oxygen atoms in total. The molecule has 0 spiro atoms. The van der Waals surface area contributed by atoms with Crippen LogP contribution in [0.5, 0.6) is 17.2 Å². The van der Waals surface area contributed by atoms with Gasteiger partial charge in [-0.15, -0.1) is 0 Å². The van der Waals surface area contributed by atoms with Crippen LogP contribution >= 0.6 is 12.2 Å². The van der Waals surface area contributed by atoms with Crippen molar-refractivity contribution in [3.05, 3.63) is 42.0 Å². The first-order valence-corrected chi connectivity index (χ1v) is 7.81. The van der Waals surface area contributed by atoms with Crippen molar-refractivity contribution in [2.45, 2.75) is 6.92 Å². The zero-order chi connectivity index (χ0) is 18.4. The van der Waals surface area contributed by atoms with Crippen molar-refractivity contribution in [2.75, 3.05) is 24.4 Å². The lowest BCUT2D eigenvalue weighted by molar-refractivity contribution is 0.0523. The molecule has 0 aliphatic carbocycles. The largest absolute Gasteiger partial charge is 0.507 e. The van der Waals surface area contributed by atoms with Crippen LogP contribution < -0.4 is 15.4 Å². The molecule has 2 aromatic carbocycles. The van der Waals surface area contributed by atoms with Gasteiger partial charge in [0.15, 0.2) is 5.11 Å². The minimum Gasteiger partial charge on any atom is -0.507 e. The monoisotopic (exact) mass is 362 g/mol. The lowest BCUT2D eigenvalue weighted by atomic mass is 10.1. The number of anilines is 2. The van der Waals surface area contributed by atoms with Crippen molar-refractivity contribution in [3.8, 4) is 17.2 Å². The lowest BCUT2D eigenvalue weighted by Crippen LogP contribution is -2.20. The van der Waals surface area contributed by atoms with E-state index in [2.05, 4.69) is 10.6 Å². The number of aromatic hydroxyl groups is 2. The number of hydrogen-bond donors (Lipinski definition) is 4. The van der Waals surface area contributed by atoms with E-state index < -0.39 is 5.97 Å². The normalized spacial score (nSPS) is 10.0. The van der Waals surface area contributed by atoms with E-state index in [1.54, 1.807) is 19.1 Å². The van der Waals surface area contributed by atoms with Crippen LogP contribution in [-0.2, 0) is 4.74 Å². The van der Waals surface area contributed by atoms with Crippen LogP contribution in [0.1, 0.15) is 17.3 Å². The summed E-state index contributed by atoms with van der Waals surface area (Å²) in [6, 6.07) is 9.47. The predicted octanol–water partition coefficient (Wildman–Crippen LogP) is 3.09. The zero-order valence-corrected chi connectivity index (χ0v) is 14.5. The molecule has 4 N–H and O–H groups in total. The summed E-state index contributed by atoms with van der Waals surface area (Å²) in [5.74, 6) is -0.764. The molecule has 0 radical (unpaired) electrons. The Morgan fingerprint density at radius 3 is 2.48 bits per heavy atom. The average molecular weight is 362 g/mol. The minimum absolute atomic E-state index is 0.0813. The molecule has 0 aliphatic heterocycles. The van der Waals surface area contributed by atoms with Gasteiger partial charge in [-0.3, -0.25) is 0 Å². The first-order valence-electron chi connectivity index (χ1n) is 7.40. The van der Waals surface area contributed by atoms with Crippen LogP contribution in [0.4, 0.5) is 11.4 Å².